The third-order valence-electron chi connectivity index (χ3n) is 7.01. The fourth-order valence-electron chi connectivity index (χ4n) is 5.21. The minimum atomic E-state index is -0.245. The third kappa shape index (κ3) is 4.17. The molecule has 35 heavy (non-hydrogen) atoms. The van der Waals surface area contributed by atoms with E-state index in [1.54, 1.807) is 0 Å². The van der Waals surface area contributed by atoms with Gasteiger partial charge in [0.05, 0.1) is 36.6 Å². The highest BCUT2D eigenvalue weighted by Gasteiger charge is 2.34. The molecule has 1 aromatic carbocycles. The van der Waals surface area contributed by atoms with Gasteiger partial charge in [-0.3, -0.25) is 0 Å². The zero-order chi connectivity index (χ0) is 24.1. The maximum atomic E-state index is 13.1. The predicted octanol–water partition coefficient (Wildman–Crippen LogP) is 3.45. The number of rotatable bonds is 2. The second kappa shape index (κ2) is 8.69. The number of morpholine rings is 1. The molecule has 6 rings (SSSR count). The Morgan fingerprint density at radius 3 is 2.69 bits per heavy atom. The van der Waals surface area contributed by atoms with Gasteiger partial charge in [0.2, 0.25) is 0 Å². The van der Waals surface area contributed by atoms with Crippen LogP contribution in [0.15, 0.2) is 30.6 Å². The largest absolute Gasteiger partial charge is 0.386 e. The number of pyridine rings is 1. The van der Waals surface area contributed by atoms with Gasteiger partial charge >= 0.3 is 6.03 Å². The molecule has 0 unspecified atom stereocenters. The first-order valence-electron chi connectivity index (χ1n) is 12.3. The molecule has 2 fully saturated rings. The van der Waals surface area contributed by atoms with E-state index >= 15 is 0 Å². The Bertz CT molecular complexity index is 1270. The van der Waals surface area contributed by atoms with E-state index < -0.39 is 0 Å². The van der Waals surface area contributed by atoms with E-state index in [4.69, 9.17) is 14.5 Å². The van der Waals surface area contributed by atoms with Crippen LogP contribution in [-0.2, 0) is 16.1 Å². The Balaban J connectivity index is 1.44. The van der Waals surface area contributed by atoms with Crippen LogP contribution in [-0.4, -0.2) is 65.1 Å². The Kier molecular flexibility index (Phi) is 5.49. The first-order chi connectivity index (χ1) is 17.0. The predicted molar refractivity (Wildman–Crippen MR) is 135 cm³/mol. The first-order valence-corrected chi connectivity index (χ1v) is 12.3. The Labute approximate surface area is 204 Å². The van der Waals surface area contributed by atoms with Gasteiger partial charge in [0, 0.05) is 37.6 Å². The molecule has 3 aromatic rings. The third-order valence-corrected chi connectivity index (χ3v) is 7.01. The van der Waals surface area contributed by atoms with Crippen molar-refractivity contribution in [1.29, 1.82) is 0 Å². The van der Waals surface area contributed by atoms with Gasteiger partial charge in [0.1, 0.15) is 17.7 Å². The molecule has 2 aromatic heterocycles. The highest BCUT2D eigenvalue weighted by atomic mass is 16.5. The summed E-state index contributed by atoms with van der Waals surface area (Å²) in [5.41, 5.74) is 5.06. The first kappa shape index (κ1) is 22.1. The molecule has 1 saturated heterocycles. The molecule has 184 valence electrons. The summed E-state index contributed by atoms with van der Waals surface area (Å²) in [4.78, 5) is 24.6. The molecule has 10 heteroatoms. The molecule has 1 saturated carbocycles. The highest BCUT2D eigenvalue weighted by molar-refractivity contribution is 5.94. The van der Waals surface area contributed by atoms with Crippen LogP contribution in [0.3, 0.4) is 0 Å². The Morgan fingerprint density at radius 2 is 1.94 bits per heavy atom. The van der Waals surface area contributed by atoms with Crippen molar-refractivity contribution in [3.05, 3.63) is 36.2 Å². The fourth-order valence-corrected chi connectivity index (χ4v) is 5.21. The number of anilines is 4. The lowest BCUT2D eigenvalue weighted by molar-refractivity contribution is -0.0323. The number of ether oxygens (including phenoxy) is 2. The van der Waals surface area contributed by atoms with E-state index in [0.29, 0.717) is 23.6 Å². The maximum absolute atomic E-state index is 13.1. The van der Waals surface area contributed by atoms with Crippen LogP contribution >= 0.6 is 0 Å². The van der Waals surface area contributed by atoms with Crippen molar-refractivity contribution in [2.45, 2.75) is 57.6 Å². The number of carbonyl (C=O) groups excluding carboxylic acids is 1. The topological polar surface area (TPSA) is 106 Å². The summed E-state index contributed by atoms with van der Waals surface area (Å²) in [6.07, 6.45) is 3.64. The van der Waals surface area contributed by atoms with E-state index in [2.05, 4.69) is 57.9 Å². The molecule has 0 spiro atoms. The summed E-state index contributed by atoms with van der Waals surface area (Å²) in [6, 6.07) is 8.08. The van der Waals surface area contributed by atoms with Crippen LogP contribution in [0.25, 0.3) is 11.2 Å². The van der Waals surface area contributed by atoms with E-state index in [9.17, 15) is 4.79 Å². The molecule has 10 nitrogen and oxygen atoms in total. The number of benzene rings is 1. The van der Waals surface area contributed by atoms with Gasteiger partial charge in [0.15, 0.2) is 5.65 Å². The number of carbonyl (C=O) groups is 1. The molecular formula is C25H31N7O3. The minimum Gasteiger partial charge on any atom is -0.386 e. The number of imidazole rings is 1. The second-order valence-electron chi connectivity index (χ2n) is 9.75. The SMILES string of the molecule is CNc1cc2nc3c1ncn3C(=O)N[C@@H]1CC[C@H]1OCc1cc(cc(N3C[C@@H](C)O[C@@H](C)C3)c1)N2. The van der Waals surface area contributed by atoms with Gasteiger partial charge in [-0.15, -0.1) is 0 Å². The summed E-state index contributed by atoms with van der Waals surface area (Å²) < 4.78 is 13.7. The minimum absolute atomic E-state index is 0.0171. The zero-order valence-electron chi connectivity index (χ0n) is 20.2. The van der Waals surface area contributed by atoms with E-state index in [1.807, 2.05) is 13.1 Å². The van der Waals surface area contributed by atoms with Crippen LogP contribution in [0, 0.1) is 0 Å². The van der Waals surface area contributed by atoms with Crippen LogP contribution in [0.2, 0.25) is 0 Å². The van der Waals surface area contributed by atoms with Crippen molar-refractivity contribution in [3.8, 4) is 0 Å². The van der Waals surface area contributed by atoms with Gasteiger partial charge in [-0.25, -0.2) is 19.3 Å². The maximum Gasteiger partial charge on any atom is 0.328 e. The lowest BCUT2D eigenvalue weighted by Crippen LogP contribution is -2.52. The van der Waals surface area contributed by atoms with Crippen molar-refractivity contribution < 1.29 is 14.3 Å². The normalized spacial score (nSPS) is 26.4. The lowest BCUT2D eigenvalue weighted by Gasteiger charge is -2.38. The molecular weight excluding hydrogens is 446 g/mol. The smallest absolute Gasteiger partial charge is 0.328 e. The summed E-state index contributed by atoms with van der Waals surface area (Å²) in [7, 11) is 1.84. The number of fused-ring (bicyclic) bond motifs is 4. The number of nitrogens with one attached hydrogen (secondary N) is 3. The van der Waals surface area contributed by atoms with Crippen molar-refractivity contribution >= 4 is 40.1 Å². The van der Waals surface area contributed by atoms with Crippen molar-refractivity contribution in [2.24, 2.45) is 0 Å². The molecule has 3 aliphatic rings. The van der Waals surface area contributed by atoms with Gasteiger partial charge in [-0.2, -0.15) is 0 Å². The Morgan fingerprint density at radius 1 is 1.11 bits per heavy atom. The molecule has 1 aliphatic carbocycles. The van der Waals surface area contributed by atoms with Crippen LogP contribution < -0.4 is 20.9 Å². The van der Waals surface area contributed by atoms with Crippen molar-refractivity contribution in [1.82, 2.24) is 19.9 Å². The summed E-state index contributed by atoms with van der Waals surface area (Å²) >= 11 is 0. The van der Waals surface area contributed by atoms with Gasteiger partial charge in [-0.1, -0.05) is 0 Å². The van der Waals surface area contributed by atoms with Crippen LogP contribution in [0.4, 0.5) is 27.7 Å². The monoisotopic (exact) mass is 477 g/mol. The Hall–Kier alpha value is -3.37. The average molecular weight is 478 g/mol. The number of nitrogens with zero attached hydrogens (tertiary/aromatic N) is 4. The van der Waals surface area contributed by atoms with Crippen molar-refractivity contribution in [3.63, 3.8) is 0 Å². The summed E-state index contributed by atoms with van der Waals surface area (Å²) in [5.74, 6) is 0.628. The molecule has 4 atom stereocenters. The molecule has 3 N–H and O–H groups in total. The number of aromatic nitrogens is 3. The summed E-state index contributed by atoms with van der Waals surface area (Å²) in [5, 5.41) is 9.74. The lowest BCUT2D eigenvalue weighted by atomic mass is 9.89. The van der Waals surface area contributed by atoms with E-state index in [0.717, 1.165) is 48.6 Å². The number of hydrogen-bond acceptors (Lipinski definition) is 8. The molecule has 4 heterocycles. The molecule has 2 aliphatic heterocycles. The molecule has 0 radical (unpaired) electrons. The van der Waals surface area contributed by atoms with Gasteiger partial charge in [0.25, 0.3) is 0 Å². The fraction of sp³-hybridized carbons (Fsp3) is 0.480. The van der Waals surface area contributed by atoms with Crippen molar-refractivity contribution in [2.75, 3.05) is 35.7 Å². The highest BCUT2D eigenvalue weighted by Crippen LogP contribution is 2.32. The summed E-state index contributed by atoms with van der Waals surface area (Å²) in [6.45, 7) is 6.36. The molecule has 4 bridgehead atoms. The van der Waals surface area contributed by atoms with E-state index in [-0.39, 0.29) is 30.4 Å². The standard InChI is InChI=1S/C25H31N7O3/c1-14-10-31(11-15(2)35-14)18-7-16-6-17(8-18)28-22-9-20(26-3)23-24(30-22)32(13-27-23)25(33)29-19-4-5-21(19)34-12-16/h6-9,13-15,19,21H,4-5,10-12H2,1-3H3,(H,29,33)(H2,26,28,30)/t14-,15+,19-,21-/m1/s1. The second-order valence-corrected chi connectivity index (χ2v) is 9.75. The van der Waals surface area contributed by atoms with E-state index in [1.165, 1.54) is 10.9 Å². The number of amides is 1. The van der Waals surface area contributed by atoms with Gasteiger partial charge in [-0.05, 0) is 50.5 Å². The van der Waals surface area contributed by atoms with Crippen LogP contribution in [0.5, 0.6) is 0 Å². The van der Waals surface area contributed by atoms with Crippen LogP contribution in [0.1, 0.15) is 32.3 Å². The average Bonchev–Trinajstić information content (AvgIpc) is 3.24. The quantitative estimate of drug-likeness (QED) is 0.516. The zero-order valence-corrected chi connectivity index (χ0v) is 20.2. The molecule has 1 amide bonds. The van der Waals surface area contributed by atoms with Gasteiger partial charge < -0.3 is 30.3 Å². The number of hydrogen-bond donors (Lipinski definition) is 3.